The molecule has 1 aliphatic rings. The Labute approximate surface area is 77.6 Å². The molecule has 1 saturated carbocycles. The third-order valence-electron chi connectivity index (χ3n) is 1.91. The minimum Gasteiger partial charge on any atom is -0.464 e. The van der Waals surface area contributed by atoms with Gasteiger partial charge in [0.15, 0.2) is 11.8 Å². The maximum atomic E-state index is 11.2. The first-order valence-electron chi connectivity index (χ1n) is 4.58. The molecule has 74 valence electrons. The number of esters is 1. The minimum atomic E-state index is -0.757. The van der Waals surface area contributed by atoms with Gasteiger partial charge in [-0.05, 0) is 26.7 Å². The smallest absolute Gasteiger partial charge is 0.330 e. The lowest BCUT2D eigenvalue weighted by molar-refractivity contribution is -0.148. The van der Waals surface area contributed by atoms with Crippen LogP contribution in [0.1, 0.15) is 26.7 Å². The summed E-state index contributed by atoms with van der Waals surface area (Å²) < 4.78 is 4.77. The van der Waals surface area contributed by atoms with Gasteiger partial charge < -0.3 is 4.74 Å². The van der Waals surface area contributed by atoms with Crippen LogP contribution in [0.5, 0.6) is 0 Å². The van der Waals surface area contributed by atoms with Crippen molar-refractivity contribution >= 4 is 11.8 Å². The highest BCUT2D eigenvalue weighted by Crippen LogP contribution is 2.19. The average molecular weight is 185 g/mol. The van der Waals surface area contributed by atoms with Crippen LogP contribution in [-0.2, 0) is 14.3 Å². The molecule has 4 nitrogen and oxygen atoms in total. The van der Waals surface area contributed by atoms with Crippen molar-refractivity contribution in [2.24, 2.45) is 0 Å². The molecule has 0 saturated heterocycles. The van der Waals surface area contributed by atoms with Gasteiger partial charge in [-0.2, -0.15) is 0 Å². The second-order valence-electron chi connectivity index (χ2n) is 3.24. The van der Waals surface area contributed by atoms with E-state index in [1.807, 2.05) is 0 Å². The van der Waals surface area contributed by atoms with E-state index in [1.165, 1.54) is 6.92 Å². The fourth-order valence-corrected chi connectivity index (χ4v) is 1.06. The summed E-state index contributed by atoms with van der Waals surface area (Å²) in [4.78, 5) is 22.3. The largest absolute Gasteiger partial charge is 0.464 e. The van der Waals surface area contributed by atoms with Crippen LogP contribution in [0.15, 0.2) is 0 Å². The molecule has 1 unspecified atom stereocenters. The first-order valence-corrected chi connectivity index (χ1v) is 4.58. The maximum absolute atomic E-state index is 11.2. The summed E-state index contributed by atoms with van der Waals surface area (Å²) in [5, 5.41) is 2.95. The molecule has 0 heterocycles. The molecule has 1 fully saturated rings. The van der Waals surface area contributed by atoms with Crippen LogP contribution in [0.25, 0.3) is 0 Å². The molecule has 0 aromatic heterocycles. The molecule has 0 aromatic carbocycles. The first-order chi connectivity index (χ1) is 6.15. The predicted octanol–water partition coefficient (Wildman–Crippen LogP) is 0.259. The Hall–Kier alpha value is -0.900. The molecule has 1 atom stereocenters. The highest BCUT2D eigenvalue weighted by atomic mass is 16.5. The summed E-state index contributed by atoms with van der Waals surface area (Å²) >= 11 is 0. The lowest BCUT2D eigenvalue weighted by Gasteiger charge is -2.13. The molecule has 0 amide bonds. The van der Waals surface area contributed by atoms with Gasteiger partial charge in [0.25, 0.3) is 0 Å². The second-order valence-corrected chi connectivity index (χ2v) is 3.24. The zero-order chi connectivity index (χ0) is 9.84. The van der Waals surface area contributed by atoms with Crippen molar-refractivity contribution in [2.45, 2.75) is 38.8 Å². The van der Waals surface area contributed by atoms with Crippen molar-refractivity contribution in [1.82, 2.24) is 5.32 Å². The molecular weight excluding hydrogens is 170 g/mol. The molecular formula is C9H15NO3. The van der Waals surface area contributed by atoms with E-state index in [1.54, 1.807) is 6.92 Å². The van der Waals surface area contributed by atoms with Crippen molar-refractivity contribution in [3.8, 4) is 0 Å². The Kier molecular flexibility index (Phi) is 3.42. The van der Waals surface area contributed by atoms with E-state index < -0.39 is 12.0 Å². The molecule has 1 aliphatic carbocycles. The lowest BCUT2D eigenvalue weighted by Crippen LogP contribution is -2.44. The first kappa shape index (κ1) is 10.2. The van der Waals surface area contributed by atoms with Gasteiger partial charge in [-0.15, -0.1) is 0 Å². The molecule has 0 bridgehead atoms. The van der Waals surface area contributed by atoms with E-state index in [2.05, 4.69) is 5.32 Å². The summed E-state index contributed by atoms with van der Waals surface area (Å²) in [5.74, 6) is -0.632. The molecule has 1 N–H and O–H groups in total. The maximum Gasteiger partial charge on any atom is 0.330 e. The summed E-state index contributed by atoms with van der Waals surface area (Å²) in [7, 11) is 0. The summed E-state index contributed by atoms with van der Waals surface area (Å²) in [6.07, 6.45) is 2.09. The van der Waals surface area contributed by atoms with E-state index in [0.717, 1.165) is 12.8 Å². The Bertz CT molecular complexity index is 211. The Morgan fingerprint density at radius 3 is 2.54 bits per heavy atom. The van der Waals surface area contributed by atoms with Crippen molar-refractivity contribution < 1.29 is 14.3 Å². The van der Waals surface area contributed by atoms with E-state index in [9.17, 15) is 9.59 Å². The lowest BCUT2D eigenvalue weighted by atomic mass is 10.2. The molecule has 1 rings (SSSR count). The van der Waals surface area contributed by atoms with Gasteiger partial charge in [-0.25, -0.2) is 4.79 Å². The average Bonchev–Trinajstić information content (AvgIpc) is 2.83. The number of hydrogen-bond acceptors (Lipinski definition) is 4. The minimum absolute atomic E-state index is 0.176. The Balaban J connectivity index is 2.44. The third-order valence-corrected chi connectivity index (χ3v) is 1.91. The van der Waals surface area contributed by atoms with Crippen LogP contribution in [0, 0.1) is 0 Å². The van der Waals surface area contributed by atoms with Crippen LogP contribution in [0.2, 0.25) is 0 Å². The number of hydrogen-bond donors (Lipinski definition) is 1. The van der Waals surface area contributed by atoms with E-state index in [4.69, 9.17) is 4.74 Å². The van der Waals surface area contributed by atoms with Crippen LogP contribution in [0.3, 0.4) is 0 Å². The van der Waals surface area contributed by atoms with Gasteiger partial charge in [-0.1, -0.05) is 0 Å². The molecule has 13 heavy (non-hydrogen) atoms. The number of rotatable bonds is 5. The predicted molar refractivity (Wildman–Crippen MR) is 47.3 cm³/mol. The van der Waals surface area contributed by atoms with Gasteiger partial charge >= 0.3 is 5.97 Å². The Morgan fingerprint density at radius 2 is 2.15 bits per heavy atom. The van der Waals surface area contributed by atoms with Crippen molar-refractivity contribution in [1.29, 1.82) is 0 Å². The third kappa shape index (κ3) is 3.14. The van der Waals surface area contributed by atoms with Gasteiger partial charge in [-0.3, -0.25) is 10.1 Å². The molecule has 0 aromatic rings. The number of Topliss-reactive ketones (excluding diaryl/α,β-unsaturated/α-hetero) is 1. The number of carbonyl (C=O) groups is 2. The normalized spacial score (nSPS) is 18.0. The van der Waals surface area contributed by atoms with Crippen LogP contribution in [-0.4, -0.2) is 30.4 Å². The SMILES string of the molecule is CCOC(=O)C(NC1CC1)C(C)=O. The van der Waals surface area contributed by atoms with Crippen molar-refractivity contribution in [2.75, 3.05) is 6.61 Å². The van der Waals surface area contributed by atoms with Gasteiger partial charge in [0, 0.05) is 6.04 Å². The molecule has 4 heteroatoms. The number of nitrogens with one attached hydrogen (secondary N) is 1. The topological polar surface area (TPSA) is 55.4 Å². The quantitative estimate of drug-likeness (QED) is 0.493. The summed E-state index contributed by atoms with van der Waals surface area (Å²) in [5.41, 5.74) is 0. The van der Waals surface area contributed by atoms with E-state index >= 15 is 0 Å². The standard InChI is InChI=1S/C9H15NO3/c1-3-13-9(12)8(6(2)11)10-7-4-5-7/h7-8,10H,3-5H2,1-2H3. The van der Waals surface area contributed by atoms with Crippen LogP contribution < -0.4 is 5.32 Å². The Morgan fingerprint density at radius 1 is 1.54 bits per heavy atom. The zero-order valence-electron chi connectivity index (χ0n) is 8.00. The summed E-state index contributed by atoms with van der Waals surface area (Å²) in [6, 6.07) is -0.425. The zero-order valence-corrected chi connectivity index (χ0v) is 8.00. The van der Waals surface area contributed by atoms with E-state index in [0.29, 0.717) is 12.6 Å². The monoisotopic (exact) mass is 185 g/mol. The fourth-order valence-electron chi connectivity index (χ4n) is 1.06. The highest BCUT2D eigenvalue weighted by molar-refractivity contribution is 6.01. The van der Waals surface area contributed by atoms with Crippen molar-refractivity contribution in [3.63, 3.8) is 0 Å². The van der Waals surface area contributed by atoms with Gasteiger partial charge in [0.1, 0.15) is 0 Å². The number of ether oxygens (including phenoxy) is 1. The molecule has 0 radical (unpaired) electrons. The molecule has 0 aliphatic heterocycles. The highest BCUT2D eigenvalue weighted by Gasteiger charge is 2.31. The number of carbonyl (C=O) groups excluding carboxylic acids is 2. The molecule has 0 spiro atoms. The van der Waals surface area contributed by atoms with Crippen LogP contribution in [0.4, 0.5) is 0 Å². The fraction of sp³-hybridized carbons (Fsp3) is 0.778. The summed E-state index contributed by atoms with van der Waals surface area (Å²) in [6.45, 7) is 3.44. The van der Waals surface area contributed by atoms with Crippen LogP contribution >= 0.6 is 0 Å². The second kappa shape index (κ2) is 4.37. The van der Waals surface area contributed by atoms with E-state index in [-0.39, 0.29) is 5.78 Å². The van der Waals surface area contributed by atoms with Gasteiger partial charge in [0.05, 0.1) is 6.61 Å². The van der Waals surface area contributed by atoms with Crippen molar-refractivity contribution in [3.05, 3.63) is 0 Å². The van der Waals surface area contributed by atoms with Gasteiger partial charge in [0.2, 0.25) is 0 Å². The number of ketones is 1.